The topological polar surface area (TPSA) is 97.0 Å². The second-order valence-electron chi connectivity index (χ2n) is 11.5. The molecule has 0 radical (unpaired) electrons. The predicted molar refractivity (Wildman–Crippen MR) is 158 cm³/mol. The maximum absolute atomic E-state index is 13.4. The van der Waals surface area contributed by atoms with E-state index in [1.807, 2.05) is 18.2 Å². The molecule has 3 fully saturated rings. The van der Waals surface area contributed by atoms with Crippen molar-refractivity contribution in [3.05, 3.63) is 48.0 Å². The molecule has 3 N–H and O–H groups in total. The standard InChI is InChI=1S/C31H42N6O3/c38-19-16-35-12-14-36(15-13-35)26-7-4-24(5-8-26)29-27-22-25(6-9-28(27)33-34-29)30(39)32-23-31(10-2-1-3-11-31)37-17-20-40-21-18-37/h4-9,22,38H,1-3,10-21,23H2,(H,32,39)(H,33,34). The molecule has 9 heteroatoms. The molecular formula is C31H42N6O3. The minimum Gasteiger partial charge on any atom is -0.395 e. The number of hydrogen-bond donors (Lipinski definition) is 3. The molecule has 9 nitrogen and oxygen atoms in total. The fourth-order valence-corrected chi connectivity index (χ4v) is 6.78. The van der Waals surface area contributed by atoms with E-state index in [9.17, 15) is 9.90 Å². The van der Waals surface area contributed by atoms with Crippen LogP contribution in [0.4, 0.5) is 5.69 Å². The second-order valence-corrected chi connectivity index (χ2v) is 11.5. The quantitative estimate of drug-likeness (QED) is 0.400. The number of carbonyl (C=O) groups excluding carboxylic acids is 1. The van der Waals surface area contributed by atoms with E-state index in [4.69, 9.17) is 4.74 Å². The summed E-state index contributed by atoms with van der Waals surface area (Å²) in [5.41, 5.74) is 4.72. The van der Waals surface area contributed by atoms with Crippen molar-refractivity contribution in [3.8, 4) is 11.3 Å². The van der Waals surface area contributed by atoms with Gasteiger partial charge in [-0.3, -0.25) is 19.7 Å². The SMILES string of the molecule is O=C(NCC1(N2CCOCC2)CCCCC1)c1ccc2[nH]nc(-c3ccc(N4CCN(CCO)CC4)cc3)c2c1. The predicted octanol–water partition coefficient (Wildman–Crippen LogP) is 3.11. The number of carbonyl (C=O) groups is 1. The Labute approximate surface area is 236 Å². The highest BCUT2D eigenvalue weighted by Gasteiger charge is 2.38. The zero-order valence-corrected chi connectivity index (χ0v) is 23.4. The molecule has 3 heterocycles. The Kier molecular flexibility index (Phi) is 8.34. The number of morpholine rings is 1. The van der Waals surface area contributed by atoms with E-state index in [0.29, 0.717) is 12.1 Å². The first-order valence-corrected chi connectivity index (χ1v) is 14.9. The van der Waals surface area contributed by atoms with Crippen LogP contribution in [0.5, 0.6) is 0 Å². The van der Waals surface area contributed by atoms with E-state index >= 15 is 0 Å². The Hall–Kier alpha value is -2.98. The highest BCUT2D eigenvalue weighted by Crippen LogP contribution is 2.34. The zero-order valence-electron chi connectivity index (χ0n) is 23.4. The summed E-state index contributed by atoms with van der Waals surface area (Å²) >= 11 is 0. The lowest BCUT2D eigenvalue weighted by molar-refractivity contribution is -0.0361. The Morgan fingerprint density at radius 3 is 2.45 bits per heavy atom. The number of aliphatic hydroxyl groups excluding tert-OH is 1. The van der Waals surface area contributed by atoms with Crippen LogP contribution in [-0.4, -0.2) is 109 Å². The maximum atomic E-state index is 13.4. The van der Waals surface area contributed by atoms with Crippen LogP contribution < -0.4 is 10.2 Å². The summed E-state index contributed by atoms with van der Waals surface area (Å²) in [7, 11) is 0. The smallest absolute Gasteiger partial charge is 0.251 e. The molecule has 3 aliphatic rings. The lowest BCUT2D eigenvalue weighted by atomic mass is 9.79. The lowest BCUT2D eigenvalue weighted by Gasteiger charge is -2.48. The van der Waals surface area contributed by atoms with Crippen LogP contribution in [0.15, 0.2) is 42.5 Å². The molecule has 1 aromatic heterocycles. The van der Waals surface area contributed by atoms with Gasteiger partial charge in [0.2, 0.25) is 0 Å². The van der Waals surface area contributed by atoms with Gasteiger partial charge in [0.15, 0.2) is 0 Å². The van der Waals surface area contributed by atoms with Gasteiger partial charge in [-0.05, 0) is 43.2 Å². The zero-order chi connectivity index (χ0) is 27.4. The van der Waals surface area contributed by atoms with Gasteiger partial charge in [0.1, 0.15) is 0 Å². The third-order valence-electron chi connectivity index (χ3n) is 9.16. The van der Waals surface area contributed by atoms with Crippen molar-refractivity contribution in [2.24, 2.45) is 0 Å². The number of β-amino-alcohol motifs (C(OH)–C–C–N with tert-alkyl or cyclic N) is 1. The van der Waals surface area contributed by atoms with Crippen LogP contribution in [-0.2, 0) is 4.74 Å². The minimum absolute atomic E-state index is 0.0250. The number of piperazine rings is 1. The Bertz CT molecular complexity index is 1270. The molecule has 1 aliphatic carbocycles. The average Bonchev–Trinajstić information content (AvgIpc) is 3.45. The third-order valence-corrected chi connectivity index (χ3v) is 9.16. The van der Waals surface area contributed by atoms with Crippen LogP contribution in [0.1, 0.15) is 42.5 Å². The third kappa shape index (κ3) is 5.74. The van der Waals surface area contributed by atoms with E-state index < -0.39 is 0 Å². The summed E-state index contributed by atoms with van der Waals surface area (Å²) in [6.45, 7) is 8.91. The van der Waals surface area contributed by atoms with Crippen LogP contribution in [0.2, 0.25) is 0 Å². The van der Waals surface area contributed by atoms with E-state index in [1.165, 1.54) is 24.9 Å². The number of rotatable bonds is 8. The number of aliphatic hydroxyl groups is 1. The Morgan fingerprint density at radius 2 is 1.73 bits per heavy atom. The van der Waals surface area contributed by atoms with Gasteiger partial charge < -0.3 is 20.1 Å². The number of anilines is 1. The summed E-state index contributed by atoms with van der Waals surface area (Å²) in [5, 5.41) is 21.2. The molecule has 2 aliphatic heterocycles. The molecule has 2 saturated heterocycles. The van der Waals surface area contributed by atoms with Crippen LogP contribution in [0, 0.1) is 0 Å². The monoisotopic (exact) mass is 546 g/mol. The molecule has 0 bridgehead atoms. The van der Waals surface area contributed by atoms with Crippen LogP contribution in [0.25, 0.3) is 22.2 Å². The molecule has 6 rings (SSSR count). The molecule has 0 spiro atoms. The number of ether oxygens (including phenoxy) is 1. The number of aromatic nitrogens is 2. The van der Waals surface area contributed by atoms with Crippen molar-refractivity contribution in [2.45, 2.75) is 37.6 Å². The Morgan fingerprint density at radius 1 is 0.975 bits per heavy atom. The van der Waals surface area contributed by atoms with Gasteiger partial charge >= 0.3 is 0 Å². The minimum atomic E-state index is -0.0250. The summed E-state index contributed by atoms with van der Waals surface area (Å²) in [5.74, 6) is -0.0250. The molecule has 214 valence electrons. The van der Waals surface area contributed by atoms with Gasteiger partial charge in [-0.2, -0.15) is 5.10 Å². The molecule has 0 unspecified atom stereocenters. The van der Waals surface area contributed by atoms with Crippen molar-refractivity contribution < 1.29 is 14.6 Å². The fraction of sp³-hybridized carbons (Fsp3) is 0.548. The number of H-pyrrole nitrogens is 1. The number of nitrogens with zero attached hydrogens (tertiary/aromatic N) is 4. The fourth-order valence-electron chi connectivity index (χ4n) is 6.78. The normalized spacial score (nSPS) is 20.6. The van der Waals surface area contributed by atoms with E-state index in [-0.39, 0.29) is 18.1 Å². The summed E-state index contributed by atoms with van der Waals surface area (Å²) in [4.78, 5) is 20.6. The Balaban J connectivity index is 1.15. The molecular weight excluding hydrogens is 504 g/mol. The van der Waals surface area contributed by atoms with Gasteiger partial charge in [0.25, 0.3) is 5.91 Å². The number of benzene rings is 2. The maximum Gasteiger partial charge on any atom is 0.251 e. The van der Waals surface area contributed by atoms with E-state index in [1.54, 1.807) is 0 Å². The molecule has 40 heavy (non-hydrogen) atoms. The lowest BCUT2D eigenvalue weighted by Crippen LogP contribution is -2.59. The summed E-state index contributed by atoms with van der Waals surface area (Å²) in [6.07, 6.45) is 5.98. The van der Waals surface area contributed by atoms with Crippen LogP contribution in [0.3, 0.4) is 0 Å². The van der Waals surface area contributed by atoms with Gasteiger partial charge in [-0.15, -0.1) is 0 Å². The van der Waals surface area contributed by atoms with Gasteiger partial charge in [0.05, 0.1) is 31.0 Å². The number of amides is 1. The molecule has 0 atom stereocenters. The van der Waals surface area contributed by atoms with Crippen molar-refractivity contribution >= 4 is 22.5 Å². The van der Waals surface area contributed by atoms with Gasteiger partial charge in [-0.25, -0.2) is 0 Å². The average molecular weight is 547 g/mol. The number of aromatic amines is 1. The molecule has 1 amide bonds. The highest BCUT2D eigenvalue weighted by atomic mass is 16.5. The molecule has 3 aromatic rings. The first-order valence-electron chi connectivity index (χ1n) is 14.9. The molecule has 1 saturated carbocycles. The first kappa shape index (κ1) is 27.2. The van der Waals surface area contributed by atoms with E-state index in [0.717, 1.165) is 94.0 Å². The largest absolute Gasteiger partial charge is 0.395 e. The first-order chi connectivity index (χ1) is 19.6. The second kappa shape index (κ2) is 12.3. The van der Waals surface area contributed by atoms with Crippen molar-refractivity contribution in [2.75, 3.05) is 77.1 Å². The van der Waals surface area contributed by atoms with Crippen molar-refractivity contribution in [1.29, 1.82) is 0 Å². The van der Waals surface area contributed by atoms with Crippen LogP contribution >= 0.6 is 0 Å². The number of nitrogens with one attached hydrogen (secondary N) is 2. The van der Waals surface area contributed by atoms with Crippen molar-refractivity contribution in [3.63, 3.8) is 0 Å². The van der Waals surface area contributed by atoms with Gasteiger partial charge in [0, 0.05) is 80.1 Å². The number of fused-ring (bicyclic) bond motifs is 1. The molecule has 2 aromatic carbocycles. The summed E-state index contributed by atoms with van der Waals surface area (Å²) < 4.78 is 5.61. The van der Waals surface area contributed by atoms with Crippen molar-refractivity contribution in [1.82, 2.24) is 25.3 Å². The highest BCUT2D eigenvalue weighted by molar-refractivity contribution is 6.01. The summed E-state index contributed by atoms with van der Waals surface area (Å²) in [6, 6.07) is 14.4. The van der Waals surface area contributed by atoms with E-state index in [2.05, 4.69) is 54.5 Å². The number of hydrogen-bond acceptors (Lipinski definition) is 7. The van der Waals surface area contributed by atoms with Gasteiger partial charge in [-0.1, -0.05) is 31.4 Å².